The summed E-state index contributed by atoms with van der Waals surface area (Å²) in [4.78, 5) is 6.97. The fourth-order valence-corrected chi connectivity index (χ4v) is 4.33. The minimum atomic E-state index is -3.34. The van der Waals surface area contributed by atoms with E-state index in [1.807, 2.05) is 6.20 Å². The number of rotatable bonds is 4. The summed E-state index contributed by atoms with van der Waals surface area (Å²) in [7, 11) is -0.177. The molecule has 0 amide bonds. The standard InChI is InChI=1S/C14H25N5O2S/c1-16(2)22(20,21)18-8-5-14-15-11-13(19(14)10-9-18)12-17-6-3-4-7-17/h11H,3-10,12H2,1-2H3. The van der Waals surface area contributed by atoms with Crippen molar-refractivity contribution in [3.05, 3.63) is 17.7 Å². The van der Waals surface area contributed by atoms with Crippen molar-refractivity contribution in [1.29, 1.82) is 0 Å². The van der Waals surface area contributed by atoms with Gasteiger partial charge in [0.25, 0.3) is 10.2 Å². The monoisotopic (exact) mass is 327 g/mol. The molecule has 2 aliphatic rings. The molecule has 3 heterocycles. The number of fused-ring (bicyclic) bond motifs is 1. The Labute approximate surface area is 132 Å². The Kier molecular flexibility index (Phi) is 4.54. The van der Waals surface area contributed by atoms with Gasteiger partial charge in [0.05, 0.1) is 5.69 Å². The van der Waals surface area contributed by atoms with Crippen LogP contribution in [0.4, 0.5) is 0 Å². The van der Waals surface area contributed by atoms with Gasteiger partial charge in [-0.25, -0.2) is 4.98 Å². The molecule has 0 atom stereocenters. The first-order valence-corrected chi connectivity index (χ1v) is 9.31. The van der Waals surface area contributed by atoms with Crippen LogP contribution in [0.15, 0.2) is 6.20 Å². The van der Waals surface area contributed by atoms with Gasteiger partial charge in [-0.15, -0.1) is 0 Å². The summed E-state index contributed by atoms with van der Waals surface area (Å²) in [5, 5.41) is 0. The maximum Gasteiger partial charge on any atom is 0.281 e. The Morgan fingerprint density at radius 1 is 1.14 bits per heavy atom. The van der Waals surface area contributed by atoms with Gasteiger partial charge in [0.15, 0.2) is 0 Å². The van der Waals surface area contributed by atoms with Crippen molar-refractivity contribution in [3.8, 4) is 0 Å². The third-order valence-corrected chi connectivity index (χ3v) is 6.49. The minimum absolute atomic E-state index is 0.501. The second-order valence-corrected chi connectivity index (χ2v) is 8.38. The first-order chi connectivity index (χ1) is 10.5. The van der Waals surface area contributed by atoms with Crippen LogP contribution in [0.1, 0.15) is 24.4 Å². The zero-order valence-electron chi connectivity index (χ0n) is 13.4. The summed E-state index contributed by atoms with van der Waals surface area (Å²) in [5.41, 5.74) is 1.21. The average molecular weight is 327 g/mol. The van der Waals surface area contributed by atoms with E-state index >= 15 is 0 Å². The van der Waals surface area contributed by atoms with Crippen LogP contribution < -0.4 is 0 Å². The van der Waals surface area contributed by atoms with Crippen molar-refractivity contribution < 1.29 is 8.42 Å². The molecule has 2 aliphatic heterocycles. The van der Waals surface area contributed by atoms with Gasteiger partial charge in [0.1, 0.15) is 5.82 Å². The van der Waals surface area contributed by atoms with E-state index < -0.39 is 10.2 Å². The highest BCUT2D eigenvalue weighted by Crippen LogP contribution is 2.18. The fraction of sp³-hybridized carbons (Fsp3) is 0.786. The first-order valence-electron chi connectivity index (χ1n) is 7.92. The summed E-state index contributed by atoms with van der Waals surface area (Å²) in [6.45, 7) is 4.93. The highest BCUT2D eigenvalue weighted by atomic mass is 32.2. The van der Waals surface area contributed by atoms with Gasteiger partial charge in [-0.05, 0) is 25.9 Å². The van der Waals surface area contributed by atoms with Gasteiger partial charge in [0.2, 0.25) is 0 Å². The van der Waals surface area contributed by atoms with Gasteiger partial charge in [-0.1, -0.05) is 0 Å². The number of aromatic nitrogens is 2. The van der Waals surface area contributed by atoms with Crippen LogP contribution in [0.3, 0.4) is 0 Å². The molecule has 0 saturated carbocycles. The molecule has 0 bridgehead atoms. The fourth-order valence-electron chi connectivity index (χ4n) is 3.23. The van der Waals surface area contributed by atoms with Gasteiger partial charge >= 0.3 is 0 Å². The van der Waals surface area contributed by atoms with Gasteiger partial charge < -0.3 is 4.57 Å². The van der Waals surface area contributed by atoms with E-state index in [1.54, 1.807) is 18.4 Å². The summed E-state index contributed by atoms with van der Waals surface area (Å²) in [6.07, 6.45) is 5.18. The molecule has 0 N–H and O–H groups in total. The third kappa shape index (κ3) is 3.05. The summed E-state index contributed by atoms with van der Waals surface area (Å²) < 4.78 is 29.6. The van der Waals surface area contributed by atoms with Crippen LogP contribution in [-0.4, -0.2) is 71.8 Å². The summed E-state index contributed by atoms with van der Waals surface area (Å²) >= 11 is 0. The molecule has 0 spiro atoms. The molecular formula is C14H25N5O2S. The second kappa shape index (κ2) is 6.27. The van der Waals surface area contributed by atoms with Gasteiger partial charge in [0, 0.05) is 52.9 Å². The second-order valence-electron chi connectivity index (χ2n) is 6.24. The molecule has 0 aromatic carbocycles. The quantitative estimate of drug-likeness (QED) is 0.789. The molecule has 3 rings (SSSR count). The predicted molar refractivity (Wildman–Crippen MR) is 84.6 cm³/mol. The zero-order valence-corrected chi connectivity index (χ0v) is 14.2. The third-order valence-electron chi connectivity index (χ3n) is 4.55. The van der Waals surface area contributed by atoms with Crippen molar-refractivity contribution in [2.75, 3.05) is 40.3 Å². The van der Waals surface area contributed by atoms with Gasteiger partial charge in [-0.3, -0.25) is 4.90 Å². The molecule has 124 valence electrons. The number of likely N-dealkylation sites (tertiary alicyclic amines) is 1. The topological polar surface area (TPSA) is 61.7 Å². The van der Waals surface area contributed by atoms with Crippen LogP contribution >= 0.6 is 0 Å². The molecule has 1 aromatic heterocycles. The van der Waals surface area contributed by atoms with Crippen LogP contribution in [0.25, 0.3) is 0 Å². The largest absolute Gasteiger partial charge is 0.329 e. The number of nitrogens with zero attached hydrogens (tertiary/aromatic N) is 5. The lowest BCUT2D eigenvalue weighted by Gasteiger charge is -2.23. The van der Waals surface area contributed by atoms with E-state index in [2.05, 4.69) is 14.5 Å². The molecule has 1 fully saturated rings. The van der Waals surface area contributed by atoms with Crippen LogP contribution in [0, 0.1) is 0 Å². The van der Waals surface area contributed by atoms with E-state index in [0.29, 0.717) is 26.1 Å². The number of imidazole rings is 1. The molecule has 1 saturated heterocycles. The zero-order chi connectivity index (χ0) is 15.7. The van der Waals surface area contributed by atoms with E-state index in [-0.39, 0.29) is 0 Å². The van der Waals surface area contributed by atoms with E-state index in [9.17, 15) is 8.42 Å². The molecule has 22 heavy (non-hydrogen) atoms. The van der Waals surface area contributed by atoms with Crippen LogP contribution in [0.5, 0.6) is 0 Å². The van der Waals surface area contributed by atoms with E-state index in [0.717, 1.165) is 25.5 Å². The Morgan fingerprint density at radius 2 is 1.86 bits per heavy atom. The Balaban J connectivity index is 1.73. The lowest BCUT2D eigenvalue weighted by molar-refractivity contribution is 0.318. The van der Waals surface area contributed by atoms with Crippen molar-refractivity contribution in [2.45, 2.75) is 32.4 Å². The van der Waals surface area contributed by atoms with Crippen LogP contribution in [-0.2, 0) is 29.7 Å². The average Bonchev–Trinajstić information content (AvgIpc) is 3.05. The first kappa shape index (κ1) is 15.9. The van der Waals surface area contributed by atoms with Crippen molar-refractivity contribution >= 4 is 10.2 Å². The number of hydrogen-bond donors (Lipinski definition) is 0. The molecule has 1 aromatic rings. The highest BCUT2D eigenvalue weighted by Gasteiger charge is 2.28. The van der Waals surface area contributed by atoms with Crippen molar-refractivity contribution in [2.24, 2.45) is 0 Å². The summed E-state index contributed by atoms with van der Waals surface area (Å²) in [5.74, 6) is 1.01. The summed E-state index contributed by atoms with van der Waals surface area (Å²) in [6, 6.07) is 0. The normalized spacial score (nSPS) is 21.2. The molecule has 0 aliphatic carbocycles. The molecule has 7 nitrogen and oxygen atoms in total. The van der Waals surface area contributed by atoms with Crippen molar-refractivity contribution in [1.82, 2.24) is 23.1 Å². The Hall–Kier alpha value is -0.960. The Morgan fingerprint density at radius 3 is 2.55 bits per heavy atom. The predicted octanol–water partition coefficient (Wildman–Crippen LogP) is 0.143. The SMILES string of the molecule is CN(C)S(=O)(=O)N1CCc2ncc(CN3CCCC3)n2CC1. The molecule has 0 unspecified atom stereocenters. The smallest absolute Gasteiger partial charge is 0.281 e. The molecule has 8 heteroatoms. The lowest BCUT2D eigenvalue weighted by Crippen LogP contribution is -2.41. The van der Waals surface area contributed by atoms with Crippen molar-refractivity contribution in [3.63, 3.8) is 0 Å². The maximum absolute atomic E-state index is 12.3. The highest BCUT2D eigenvalue weighted by molar-refractivity contribution is 7.86. The minimum Gasteiger partial charge on any atom is -0.329 e. The maximum atomic E-state index is 12.3. The lowest BCUT2D eigenvalue weighted by atomic mass is 10.4. The van der Waals surface area contributed by atoms with Gasteiger partial charge in [-0.2, -0.15) is 17.0 Å². The molecular weight excluding hydrogens is 302 g/mol. The Bertz CT molecular complexity index is 619. The van der Waals surface area contributed by atoms with E-state index in [4.69, 9.17) is 0 Å². The van der Waals surface area contributed by atoms with Crippen LogP contribution in [0.2, 0.25) is 0 Å². The molecule has 0 radical (unpaired) electrons. The van der Waals surface area contributed by atoms with E-state index in [1.165, 1.54) is 22.8 Å². The number of hydrogen-bond acceptors (Lipinski definition) is 4.